The summed E-state index contributed by atoms with van der Waals surface area (Å²) in [4.78, 5) is 32.4. The number of aromatic nitrogens is 5. The van der Waals surface area contributed by atoms with Gasteiger partial charge in [-0.2, -0.15) is 0 Å². The maximum atomic E-state index is 11.6. The summed E-state index contributed by atoms with van der Waals surface area (Å²) in [6, 6.07) is 3.79. The van der Waals surface area contributed by atoms with Gasteiger partial charge in [-0.3, -0.25) is 9.69 Å². The van der Waals surface area contributed by atoms with Crippen molar-refractivity contribution >= 4 is 34.5 Å². The second-order valence-electron chi connectivity index (χ2n) is 8.48. The number of carbonyl (C=O) groups is 1. The molecule has 2 aliphatic heterocycles. The lowest BCUT2D eigenvalue weighted by atomic mass is 10.2. The van der Waals surface area contributed by atoms with Gasteiger partial charge in [0.15, 0.2) is 33.6 Å². The van der Waals surface area contributed by atoms with Gasteiger partial charge in [0.25, 0.3) is 0 Å². The van der Waals surface area contributed by atoms with Gasteiger partial charge in [0.1, 0.15) is 17.9 Å². The zero-order valence-electron chi connectivity index (χ0n) is 19.1. The minimum absolute atomic E-state index is 0.164. The summed E-state index contributed by atoms with van der Waals surface area (Å²) in [5.74, 6) is 3.12. The number of Topliss-reactive ketones (excluding diaryl/α,β-unsaturated/α-hetero) is 1. The number of nitrogens with zero attached hydrogens (tertiary/aromatic N) is 6. The van der Waals surface area contributed by atoms with Crippen LogP contribution in [0, 0.1) is 6.92 Å². The van der Waals surface area contributed by atoms with E-state index in [0.29, 0.717) is 70.6 Å². The van der Waals surface area contributed by atoms with Crippen molar-refractivity contribution in [2.75, 3.05) is 32.2 Å². The molecule has 1 saturated heterocycles. The Hall–Kier alpha value is -3.64. The predicted octanol–water partition coefficient (Wildman–Crippen LogP) is 2.92. The molecule has 2 aliphatic rings. The van der Waals surface area contributed by atoms with Crippen molar-refractivity contribution in [3.63, 3.8) is 0 Å². The number of fused-ring (bicyclic) bond motifs is 2. The number of carbonyl (C=O) groups excluding carboxylic acids is 1. The summed E-state index contributed by atoms with van der Waals surface area (Å²) in [6.07, 6.45) is 4.60. The number of likely N-dealkylation sites (tertiary alicyclic amines) is 1. The van der Waals surface area contributed by atoms with Crippen molar-refractivity contribution in [1.29, 1.82) is 0 Å². The Kier molecular flexibility index (Phi) is 5.53. The SMILES string of the molecule is Cc1cnc(-c2cc3c(cc2Sc2nc4c(N)ncnc4n2CCCN2CCC(=O)C2)OCO3)o1. The average molecular weight is 494 g/mol. The minimum atomic E-state index is 0.164. The average Bonchev–Trinajstić information content (AvgIpc) is 3.62. The van der Waals surface area contributed by atoms with Crippen LogP contribution < -0.4 is 15.2 Å². The monoisotopic (exact) mass is 493 g/mol. The van der Waals surface area contributed by atoms with E-state index in [1.807, 2.05) is 23.6 Å². The summed E-state index contributed by atoms with van der Waals surface area (Å²) in [7, 11) is 0. The maximum Gasteiger partial charge on any atom is 0.231 e. The highest BCUT2D eigenvalue weighted by Crippen LogP contribution is 2.44. The van der Waals surface area contributed by atoms with E-state index in [2.05, 4.69) is 19.9 Å². The Morgan fingerprint density at radius 2 is 2.00 bits per heavy atom. The van der Waals surface area contributed by atoms with Crippen LogP contribution in [0.15, 0.2) is 39.1 Å². The molecule has 12 heteroatoms. The number of anilines is 1. The van der Waals surface area contributed by atoms with Crippen molar-refractivity contribution in [3.05, 3.63) is 30.4 Å². The van der Waals surface area contributed by atoms with E-state index in [4.69, 9.17) is 24.6 Å². The molecule has 11 nitrogen and oxygen atoms in total. The van der Waals surface area contributed by atoms with Gasteiger partial charge in [0, 0.05) is 31.0 Å². The first-order valence-electron chi connectivity index (χ1n) is 11.3. The van der Waals surface area contributed by atoms with E-state index >= 15 is 0 Å². The first-order valence-corrected chi connectivity index (χ1v) is 12.1. The van der Waals surface area contributed by atoms with Gasteiger partial charge in [0.2, 0.25) is 12.7 Å². The summed E-state index contributed by atoms with van der Waals surface area (Å²) in [5.41, 5.74) is 8.14. The molecule has 0 saturated carbocycles. The van der Waals surface area contributed by atoms with E-state index in [1.165, 1.54) is 18.1 Å². The molecule has 1 fully saturated rings. The molecule has 5 heterocycles. The topological polar surface area (TPSA) is 134 Å². The van der Waals surface area contributed by atoms with Crippen molar-refractivity contribution in [3.8, 4) is 23.0 Å². The Morgan fingerprint density at radius 1 is 1.14 bits per heavy atom. The number of aryl methyl sites for hydroxylation is 2. The maximum absolute atomic E-state index is 11.6. The van der Waals surface area contributed by atoms with Crippen LogP contribution in [0.1, 0.15) is 18.6 Å². The third-order valence-corrected chi connectivity index (χ3v) is 7.07. The molecule has 4 aromatic rings. The molecule has 0 spiro atoms. The number of benzene rings is 1. The molecule has 180 valence electrons. The molecular weight excluding hydrogens is 470 g/mol. The lowest BCUT2D eigenvalue weighted by Gasteiger charge is -2.15. The van der Waals surface area contributed by atoms with Gasteiger partial charge in [-0.15, -0.1) is 0 Å². The smallest absolute Gasteiger partial charge is 0.231 e. The lowest BCUT2D eigenvalue weighted by molar-refractivity contribution is -0.116. The van der Waals surface area contributed by atoms with Crippen molar-refractivity contribution < 1.29 is 18.7 Å². The van der Waals surface area contributed by atoms with E-state index in [1.54, 1.807) is 6.20 Å². The second kappa shape index (κ2) is 8.86. The van der Waals surface area contributed by atoms with Gasteiger partial charge in [-0.1, -0.05) is 11.8 Å². The molecule has 0 unspecified atom stereocenters. The predicted molar refractivity (Wildman–Crippen MR) is 127 cm³/mol. The van der Waals surface area contributed by atoms with Crippen LogP contribution in [0.25, 0.3) is 22.6 Å². The molecule has 1 aromatic carbocycles. The van der Waals surface area contributed by atoms with Crippen molar-refractivity contribution in [2.45, 2.75) is 36.4 Å². The van der Waals surface area contributed by atoms with Gasteiger partial charge in [-0.25, -0.2) is 19.9 Å². The first-order chi connectivity index (χ1) is 17.0. The highest BCUT2D eigenvalue weighted by Gasteiger charge is 2.24. The second-order valence-corrected chi connectivity index (χ2v) is 9.48. The molecule has 2 N–H and O–H groups in total. The number of oxazole rings is 1. The first kappa shape index (κ1) is 21.9. The number of nitrogens with two attached hydrogens (primary N) is 1. The molecule has 0 amide bonds. The van der Waals surface area contributed by atoms with Gasteiger partial charge in [0.05, 0.1) is 18.3 Å². The Bertz CT molecular complexity index is 1430. The molecule has 0 aliphatic carbocycles. The van der Waals surface area contributed by atoms with E-state index in [9.17, 15) is 4.79 Å². The normalized spacial score (nSPS) is 15.5. The minimum Gasteiger partial charge on any atom is -0.454 e. The van der Waals surface area contributed by atoms with E-state index < -0.39 is 0 Å². The number of rotatable bonds is 7. The molecule has 0 atom stereocenters. The standard InChI is InChI=1S/C23H23N7O4S/c1-13-9-25-22(34-13)15-7-16-17(33-12-32-16)8-18(15)35-23-28-19-20(24)26-11-27-21(19)30(23)5-2-4-29-6-3-14(31)10-29/h7-9,11H,2-6,10,12H2,1H3,(H2,24,26,27). The van der Waals surface area contributed by atoms with Crippen LogP contribution >= 0.6 is 11.8 Å². The van der Waals surface area contributed by atoms with Crippen LogP contribution in [0.2, 0.25) is 0 Å². The third-order valence-electron chi connectivity index (χ3n) is 6.02. The molecule has 0 bridgehead atoms. The van der Waals surface area contributed by atoms with E-state index in [-0.39, 0.29) is 6.79 Å². The van der Waals surface area contributed by atoms with E-state index in [0.717, 1.165) is 30.0 Å². The Morgan fingerprint density at radius 3 is 2.77 bits per heavy atom. The number of hydrogen-bond acceptors (Lipinski definition) is 11. The molecule has 35 heavy (non-hydrogen) atoms. The van der Waals surface area contributed by atoms with Crippen molar-refractivity contribution in [1.82, 2.24) is 29.4 Å². The summed E-state index contributed by atoms with van der Waals surface area (Å²) >= 11 is 1.45. The van der Waals surface area contributed by atoms with Crippen LogP contribution in [-0.4, -0.2) is 61.6 Å². The fraction of sp³-hybridized carbons (Fsp3) is 0.348. The number of nitrogen functional groups attached to an aromatic ring is 1. The summed E-state index contributed by atoms with van der Waals surface area (Å²) in [6.45, 7) is 4.84. The van der Waals surface area contributed by atoms with Crippen LogP contribution in [0.4, 0.5) is 5.82 Å². The number of imidazole rings is 1. The van der Waals surface area contributed by atoms with Crippen LogP contribution in [0.5, 0.6) is 11.5 Å². The highest BCUT2D eigenvalue weighted by molar-refractivity contribution is 7.99. The van der Waals surface area contributed by atoms with Gasteiger partial charge in [-0.05, 0) is 25.5 Å². The third kappa shape index (κ3) is 4.19. The van der Waals surface area contributed by atoms with Crippen molar-refractivity contribution in [2.24, 2.45) is 0 Å². The zero-order chi connectivity index (χ0) is 23.9. The fourth-order valence-corrected chi connectivity index (χ4v) is 5.34. The van der Waals surface area contributed by atoms with Crippen LogP contribution in [-0.2, 0) is 11.3 Å². The molecule has 0 radical (unpaired) electrons. The quantitative estimate of drug-likeness (QED) is 0.407. The molecule has 6 rings (SSSR count). The Labute approximate surface area is 204 Å². The summed E-state index contributed by atoms with van der Waals surface area (Å²) < 4.78 is 19.1. The van der Waals surface area contributed by atoms with Gasteiger partial charge < -0.3 is 24.2 Å². The zero-order valence-corrected chi connectivity index (χ0v) is 19.9. The molecule has 3 aromatic heterocycles. The fourth-order valence-electron chi connectivity index (χ4n) is 4.30. The molecular formula is C23H23N7O4S. The Balaban J connectivity index is 1.36. The largest absolute Gasteiger partial charge is 0.454 e. The summed E-state index contributed by atoms with van der Waals surface area (Å²) in [5, 5.41) is 0.716. The van der Waals surface area contributed by atoms with Crippen LogP contribution in [0.3, 0.4) is 0 Å². The lowest BCUT2D eigenvalue weighted by Crippen LogP contribution is -2.23. The van der Waals surface area contributed by atoms with Gasteiger partial charge >= 0.3 is 0 Å². The number of ether oxygens (including phenoxy) is 2. The number of ketones is 1. The highest BCUT2D eigenvalue weighted by atomic mass is 32.2. The number of hydrogen-bond donors (Lipinski definition) is 1.